The minimum Gasteiger partial charge on any atom is -0.486 e. The highest BCUT2D eigenvalue weighted by Crippen LogP contribution is 2.31. The zero-order chi connectivity index (χ0) is 21.5. The monoisotopic (exact) mass is 410 g/mol. The van der Waals surface area contributed by atoms with Gasteiger partial charge in [-0.15, -0.1) is 0 Å². The highest BCUT2D eigenvalue weighted by molar-refractivity contribution is 5.94. The van der Waals surface area contributed by atoms with E-state index in [1.165, 1.54) is 0 Å². The van der Waals surface area contributed by atoms with Crippen LogP contribution in [0.3, 0.4) is 0 Å². The molecule has 0 atom stereocenters. The first kappa shape index (κ1) is 21.5. The summed E-state index contributed by atoms with van der Waals surface area (Å²) in [5.41, 5.74) is 2.94. The molecule has 0 saturated heterocycles. The van der Waals surface area contributed by atoms with Gasteiger partial charge in [-0.2, -0.15) is 0 Å². The van der Waals surface area contributed by atoms with Crippen molar-refractivity contribution in [1.29, 1.82) is 0 Å². The van der Waals surface area contributed by atoms with Gasteiger partial charge in [0.1, 0.15) is 13.2 Å². The molecule has 3 rings (SSSR count). The fourth-order valence-electron chi connectivity index (χ4n) is 3.36. The quantitative estimate of drug-likeness (QED) is 0.585. The van der Waals surface area contributed by atoms with Crippen molar-refractivity contribution in [2.75, 3.05) is 47.9 Å². The Morgan fingerprint density at radius 1 is 1.03 bits per heavy atom. The van der Waals surface area contributed by atoms with Crippen molar-refractivity contribution in [3.05, 3.63) is 59.2 Å². The van der Waals surface area contributed by atoms with Crippen LogP contribution in [0.5, 0.6) is 11.5 Å². The SMILES string of the molecule is CN=C(NCCc1cccc(C(=O)N(C)C)c1)N(C)Cc1ccc2c(c1)OCCO2. The molecule has 1 N–H and O–H groups in total. The number of hydrogen-bond acceptors (Lipinski definition) is 4. The minimum absolute atomic E-state index is 0.0137. The van der Waals surface area contributed by atoms with Gasteiger partial charge < -0.3 is 24.6 Å². The molecule has 0 saturated carbocycles. The third kappa shape index (κ3) is 5.43. The molecule has 0 aliphatic carbocycles. The second-order valence-corrected chi connectivity index (χ2v) is 7.46. The summed E-state index contributed by atoms with van der Waals surface area (Å²) >= 11 is 0. The molecular weight excluding hydrogens is 380 g/mol. The Bertz CT molecular complexity index is 911. The van der Waals surface area contributed by atoms with Gasteiger partial charge in [0, 0.05) is 46.8 Å². The number of carbonyl (C=O) groups is 1. The van der Waals surface area contributed by atoms with Gasteiger partial charge in [-0.25, -0.2) is 0 Å². The Morgan fingerprint density at radius 2 is 1.80 bits per heavy atom. The molecule has 0 unspecified atom stereocenters. The Kier molecular flexibility index (Phi) is 7.17. The second-order valence-electron chi connectivity index (χ2n) is 7.46. The molecule has 0 radical (unpaired) electrons. The second kappa shape index (κ2) is 10.0. The third-order valence-corrected chi connectivity index (χ3v) is 4.88. The number of benzene rings is 2. The normalized spacial score (nSPS) is 13.0. The highest BCUT2D eigenvalue weighted by atomic mass is 16.6. The predicted molar refractivity (Wildman–Crippen MR) is 118 cm³/mol. The van der Waals surface area contributed by atoms with Crippen LogP contribution in [0.2, 0.25) is 0 Å². The van der Waals surface area contributed by atoms with Crippen LogP contribution in [0.4, 0.5) is 0 Å². The van der Waals surface area contributed by atoms with E-state index in [0.717, 1.165) is 41.6 Å². The first-order valence-corrected chi connectivity index (χ1v) is 10.1. The van der Waals surface area contributed by atoms with Crippen molar-refractivity contribution in [1.82, 2.24) is 15.1 Å². The minimum atomic E-state index is 0.0137. The van der Waals surface area contributed by atoms with Gasteiger partial charge in [0.2, 0.25) is 0 Å². The zero-order valence-electron chi connectivity index (χ0n) is 18.1. The summed E-state index contributed by atoms with van der Waals surface area (Å²) in [5.74, 6) is 2.41. The molecular formula is C23H30N4O3. The Labute approximate surface area is 178 Å². The van der Waals surface area contributed by atoms with E-state index in [0.29, 0.717) is 25.3 Å². The van der Waals surface area contributed by atoms with Crippen LogP contribution < -0.4 is 14.8 Å². The first-order chi connectivity index (χ1) is 14.5. The maximum absolute atomic E-state index is 12.1. The topological polar surface area (TPSA) is 66.4 Å². The molecule has 7 heteroatoms. The summed E-state index contributed by atoms with van der Waals surface area (Å²) in [7, 11) is 7.30. The van der Waals surface area contributed by atoms with E-state index >= 15 is 0 Å². The number of rotatable bonds is 6. The highest BCUT2D eigenvalue weighted by Gasteiger charge is 2.14. The maximum Gasteiger partial charge on any atom is 0.253 e. The van der Waals surface area contributed by atoms with Gasteiger partial charge in [0.15, 0.2) is 17.5 Å². The fourth-order valence-corrected chi connectivity index (χ4v) is 3.36. The number of nitrogens with zero attached hydrogens (tertiary/aromatic N) is 3. The maximum atomic E-state index is 12.1. The lowest BCUT2D eigenvalue weighted by atomic mass is 10.1. The van der Waals surface area contributed by atoms with Gasteiger partial charge in [0.05, 0.1) is 0 Å². The van der Waals surface area contributed by atoms with E-state index in [2.05, 4.69) is 15.2 Å². The number of hydrogen-bond donors (Lipinski definition) is 1. The van der Waals surface area contributed by atoms with Gasteiger partial charge in [0.25, 0.3) is 5.91 Å². The molecule has 160 valence electrons. The number of fused-ring (bicyclic) bond motifs is 1. The van der Waals surface area contributed by atoms with Crippen molar-refractivity contribution >= 4 is 11.9 Å². The molecule has 0 bridgehead atoms. The largest absolute Gasteiger partial charge is 0.486 e. The Balaban J connectivity index is 1.54. The molecule has 2 aromatic rings. The molecule has 30 heavy (non-hydrogen) atoms. The van der Waals surface area contributed by atoms with Crippen LogP contribution in [0, 0.1) is 0 Å². The molecule has 2 aromatic carbocycles. The van der Waals surface area contributed by atoms with E-state index < -0.39 is 0 Å². The van der Waals surface area contributed by atoms with Gasteiger partial charge in [-0.3, -0.25) is 9.79 Å². The summed E-state index contributed by atoms with van der Waals surface area (Å²) in [6.07, 6.45) is 0.797. The van der Waals surface area contributed by atoms with Crippen LogP contribution in [-0.4, -0.2) is 69.6 Å². The molecule has 0 fully saturated rings. The van der Waals surface area contributed by atoms with Crippen LogP contribution in [-0.2, 0) is 13.0 Å². The standard InChI is InChI=1S/C23H30N4O3/c1-24-23(25-11-10-17-6-5-7-19(14-17)22(28)26(2)3)27(4)16-18-8-9-20-21(15-18)30-13-12-29-20/h5-9,14-15H,10-13,16H2,1-4H3,(H,24,25). The van der Waals surface area contributed by atoms with Gasteiger partial charge in [-0.1, -0.05) is 18.2 Å². The van der Waals surface area contributed by atoms with E-state index in [1.54, 1.807) is 26.0 Å². The van der Waals surface area contributed by atoms with E-state index in [4.69, 9.17) is 9.47 Å². The van der Waals surface area contributed by atoms with Gasteiger partial charge in [-0.05, 0) is 41.8 Å². The lowest BCUT2D eigenvalue weighted by Crippen LogP contribution is -2.39. The number of aliphatic imine (C=N–C) groups is 1. The van der Waals surface area contributed by atoms with E-state index in [-0.39, 0.29) is 5.91 Å². The predicted octanol–water partition coefficient (Wildman–Crippen LogP) is 2.41. The van der Waals surface area contributed by atoms with Crippen LogP contribution in [0.25, 0.3) is 0 Å². The lowest BCUT2D eigenvalue weighted by molar-refractivity contribution is 0.0827. The van der Waals surface area contributed by atoms with E-state index in [1.807, 2.05) is 49.5 Å². The third-order valence-electron chi connectivity index (χ3n) is 4.88. The molecule has 1 aliphatic rings. The Hall–Kier alpha value is -3.22. The molecule has 7 nitrogen and oxygen atoms in total. The number of carbonyl (C=O) groups excluding carboxylic acids is 1. The van der Waals surface area contributed by atoms with Crippen molar-refractivity contribution in [2.45, 2.75) is 13.0 Å². The number of amides is 1. The summed E-state index contributed by atoms with van der Waals surface area (Å²) in [6.45, 7) is 2.59. The number of guanidine groups is 1. The van der Waals surface area contributed by atoms with Crippen LogP contribution in [0.1, 0.15) is 21.5 Å². The van der Waals surface area contributed by atoms with Crippen molar-refractivity contribution < 1.29 is 14.3 Å². The smallest absolute Gasteiger partial charge is 0.253 e. The summed E-state index contributed by atoms with van der Waals surface area (Å²) in [4.78, 5) is 20.2. The summed E-state index contributed by atoms with van der Waals surface area (Å²) in [6, 6.07) is 13.8. The summed E-state index contributed by atoms with van der Waals surface area (Å²) in [5, 5.41) is 3.40. The Morgan fingerprint density at radius 3 is 2.53 bits per heavy atom. The number of ether oxygens (including phenoxy) is 2. The van der Waals surface area contributed by atoms with Crippen LogP contribution in [0.15, 0.2) is 47.5 Å². The van der Waals surface area contributed by atoms with Crippen molar-refractivity contribution in [2.24, 2.45) is 4.99 Å². The van der Waals surface area contributed by atoms with Crippen LogP contribution >= 0.6 is 0 Å². The van der Waals surface area contributed by atoms with Crippen molar-refractivity contribution in [3.8, 4) is 11.5 Å². The van der Waals surface area contributed by atoms with Gasteiger partial charge >= 0.3 is 0 Å². The molecule has 1 amide bonds. The summed E-state index contributed by atoms with van der Waals surface area (Å²) < 4.78 is 11.3. The first-order valence-electron chi connectivity index (χ1n) is 10.1. The fraction of sp³-hybridized carbons (Fsp3) is 0.391. The molecule has 1 heterocycles. The number of nitrogens with one attached hydrogen (secondary N) is 1. The van der Waals surface area contributed by atoms with Crippen molar-refractivity contribution in [3.63, 3.8) is 0 Å². The molecule has 0 aromatic heterocycles. The average molecular weight is 411 g/mol. The zero-order valence-corrected chi connectivity index (χ0v) is 18.1. The lowest BCUT2D eigenvalue weighted by Gasteiger charge is -2.24. The average Bonchev–Trinajstić information content (AvgIpc) is 2.76. The molecule has 0 spiro atoms. The van der Waals surface area contributed by atoms with E-state index in [9.17, 15) is 4.79 Å². The molecule has 1 aliphatic heterocycles.